The number of carbonyl (C=O) groups is 1. The highest BCUT2D eigenvalue weighted by Crippen LogP contribution is 2.44. The molecule has 1 heterocycles. The second kappa shape index (κ2) is 3.76. The van der Waals surface area contributed by atoms with Crippen LogP contribution in [0.3, 0.4) is 0 Å². The van der Waals surface area contributed by atoms with Gasteiger partial charge in [-0.3, -0.25) is 4.79 Å². The van der Waals surface area contributed by atoms with E-state index in [4.69, 9.17) is 0 Å². The summed E-state index contributed by atoms with van der Waals surface area (Å²) in [5, 5.41) is 0. The zero-order valence-corrected chi connectivity index (χ0v) is 10.7. The Bertz CT molecular complexity index is 415. The molecule has 0 bridgehead atoms. The third-order valence-electron chi connectivity index (χ3n) is 3.96. The first-order valence-electron chi connectivity index (χ1n) is 6.08. The zero-order chi connectivity index (χ0) is 11.9. The molecule has 1 atom stereocenters. The van der Waals surface area contributed by atoms with E-state index in [0.717, 1.165) is 17.5 Å². The molecule has 1 aromatic rings. The van der Waals surface area contributed by atoms with Crippen molar-refractivity contribution in [2.45, 2.75) is 53.0 Å². The van der Waals surface area contributed by atoms with Gasteiger partial charge in [0.15, 0.2) is 6.29 Å². The van der Waals surface area contributed by atoms with Gasteiger partial charge in [0.05, 0.1) is 0 Å². The first-order chi connectivity index (χ1) is 7.44. The van der Waals surface area contributed by atoms with Crippen molar-refractivity contribution in [2.24, 2.45) is 5.41 Å². The molecule has 0 aromatic carbocycles. The molecule has 1 unspecified atom stereocenters. The van der Waals surface area contributed by atoms with Crippen LogP contribution in [0, 0.1) is 19.3 Å². The fraction of sp³-hybridized carbons (Fsp3) is 0.643. The van der Waals surface area contributed by atoms with E-state index in [1.807, 2.05) is 6.07 Å². The van der Waals surface area contributed by atoms with E-state index in [1.165, 1.54) is 25.0 Å². The minimum atomic E-state index is 0.454. The Kier molecular flexibility index (Phi) is 2.69. The van der Waals surface area contributed by atoms with Crippen molar-refractivity contribution < 1.29 is 4.79 Å². The summed E-state index contributed by atoms with van der Waals surface area (Å²) in [7, 11) is 0. The summed E-state index contributed by atoms with van der Waals surface area (Å²) in [6.07, 6.45) is 4.72. The summed E-state index contributed by atoms with van der Waals surface area (Å²) in [5.74, 6) is 0. The first-order valence-corrected chi connectivity index (χ1v) is 6.08. The molecule has 1 aromatic heterocycles. The standard InChI is InChI=1S/C14H21NO/c1-10-7-12(9-16)11(2)15(10)13-5-6-14(3,4)8-13/h7,9,13H,5-6,8H2,1-4H3. The van der Waals surface area contributed by atoms with Crippen molar-refractivity contribution in [3.8, 4) is 0 Å². The fourth-order valence-corrected chi connectivity index (χ4v) is 3.10. The molecule has 1 aliphatic carbocycles. The second-order valence-electron chi connectivity index (χ2n) is 5.88. The van der Waals surface area contributed by atoms with E-state index in [1.54, 1.807) is 0 Å². The van der Waals surface area contributed by atoms with Crippen LogP contribution in [0.25, 0.3) is 0 Å². The highest BCUT2D eigenvalue weighted by atomic mass is 16.1. The zero-order valence-electron chi connectivity index (χ0n) is 10.7. The highest BCUT2D eigenvalue weighted by Gasteiger charge is 2.33. The molecule has 0 radical (unpaired) electrons. The molecule has 2 heteroatoms. The summed E-state index contributed by atoms with van der Waals surface area (Å²) < 4.78 is 2.36. The average Bonchev–Trinajstić information content (AvgIpc) is 2.67. The molecule has 16 heavy (non-hydrogen) atoms. The van der Waals surface area contributed by atoms with Crippen LogP contribution in [-0.4, -0.2) is 10.9 Å². The molecule has 1 saturated carbocycles. The average molecular weight is 219 g/mol. The van der Waals surface area contributed by atoms with Crippen molar-refractivity contribution in [1.82, 2.24) is 4.57 Å². The lowest BCUT2D eigenvalue weighted by atomic mass is 9.92. The molecule has 0 amide bonds. The van der Waals surface area contributed by atoms with Crippen molar-refractivity contribution in [3.05, 3.63) is 23.0 Å². The second-order valence-corrected chi connectivity index (χ2v) is 5.88. The Morgan fingerprint density at radius 2 is 2.12 bits per heavy atom. The van der Waals surface area contributed by atoms with Gasteiger partial charge in [-0.2, -0.15) is 0 Å². The van der Waals surface area contributed by atoms with E-state index in [9.17, 15) is 4.79 Å². The number of aldehydes is 1. The maximum Gasteiger partial charge on any atom is 0.151 e. The number of aromatic nitrogens is 1. The van der Waals surface area contributed by atoms with Crippen LogP contribution in [0.4, 0.5) is 0 Å². The predicted molar refractivity (Wildman–Crippen MR) is 66.0 cm³/mol. The van der Waals surface area contributed by atoms with Gasteiger partial charge in [-0.25, -0.2) is 0 Å². The number of hydrogen-bond acceptors (Lipinski definition) is 1. The van der Waals surface area contributed by atoms with Gasteiger partial charge in [0.1, 0.15) is 0 Å². The van der Waals surface area contributed by atoms with Crippen LogP contribution in [0.15, 0.2) is 6.07 Å². The maximum absolute atomic E-state index is 10.9. The van der Waals surface area contributed by atoms with Crippen molar-refractivity contribution in [2.75, 3.05) is 0 Å². The van der Waals surface area contributed by atoms with Gasteiger partial charge < -0.3 is 4.57 Å². The summed E-state index contributed by atoms with van der Waals surface area (Å²) in [6.45, 7) is 8.83. The summed E-state index contributed by atoms with van der Waals surface area (Å²) >= 11 is 0. The molecule has 0 aliphatic heterocycles. The first kappa shape index (κ1) is 11.4. The van der Waals surface area contributed by atoms with Gasteiger partial charge in [0, 0.05) is 23.0 Å². The maximum atomic E-state index is 10.9. The van der Waals surface area contributed by atoms with Gasteiger partial charge in [-0.15, -0.1) is 0 Å². The largest absolute Gasteiger partial charge is 0.345 e. The lowest BCUT2D eigenvalue weighted by Gasteiger charge is -2.20. The highest BCUT2D eigenvalue weighted by molar-refractivity contribution is 5.77. The van der Waals surface area contributed by atoms with Gasteiger partial charge >= 0.3 is 0 Å². The molecule has 2 rings (SSSR count). The summed E-state index contributed by atoms with van der Waals surface area (Å²) in [6, 6.07) is 2.59. The van der Waals surface area contributed by atoms with E-state index in [2.05, 4.69) is 32.3 Å². The smallest absolute Gasteiger partial charge is 0.151 e. The Hall–Kier alpha value is -1.05. The van der Waals surface area contributed by atoms with Crippen LogP contribution in [0.2, 0.25) is 0 Å². The van der Waals surface area contributed by atoms with Crippen LogP contribution < -0.4 is 0 Å². The Labute approximate surface area is 97.7 Å². The van der Waals surface area contributed by atoms with E-state index >= 15 is 0 Å². The third kappa shape index (κ3) is 1.81. The molecule has 1 aliphatic rings. The normalized spacial score (nSPS) is 23.6. The Morgan fingerprint density at radius 3 is 2.56 bits per heavy atom. The Morgan fingerprint density at radius 1 is 1.44 bits per heavy atom. The quantitative estimate of drug-likeness (QED) is 0.696. The molecule has 0 N–H and O–H groups in total. The number of nitrogens with zero attached hydrogens (tertiary/aromatic N) is 1. The lowest BCUT2D eigenvalue weighted by Crippen LogP contribution is -2.11. The van der Waals surface area contributed by atoms with E-state index in [-0.39, 0.29) is 0 Å². The topological polar surface area (TPSA) is 22.0 Å². The third-order valence-corrected chi connectivity index (χ3v) is 3.96. The van der Waals surface area contributed by atoms with Crippen LogP contribution in [0.1, 0.15) is 60.9 Å². The van der Waals surface area contributed by atoms with E-state index in [0.29, 0.717) is 11.5 Å². The Balaban J connectivity index is 2.35. The number of hydrogen-bond donors (Lipinski definition) is 0. The molecular weight excluding hydrogens is 198 g/mol. The number of rotatable bonds is 2. The van der Waals surface area contributed by atoms with Crippen LogP contribution in [-0.2, 0) is 0 Å². The lowest BCUT2D eigenvalue weighted by molar-refractivity contribution is 0.112. The molecule has 0 saturated heterocycles. The SMILES string of the molecule is Cc1cc(C=O)c(C)n1C1CCC(C)(C)C1. The van der Waals surface area contributed by atoms with Gasteiger partial charge in [-0.05, 0) is 44.6 Å². The number of aryl methyl sites for hydroxylation is 1. The van der Waals surface area contributed by atoms with Crippen LogP contribution >= 0.6 is 0 Å². The van der Waals surface area contributed by atoms with Gasteiger partial charge in [-0.1, -0.05) is 13.8 Å². The molecular formula is C14H21NO. The van der Waals surface area contributed by atoms with Crippen molar-refractivity contribution in [1.29, 1.82) is 0 Å². The van der Waals surface area contributed by atoms with Gasteiger partial charge in [0.25, 0.3) is 0 Å². The van der Waals surface area contributed by atoms with E-state index < -0.39 is 0 Å². The van der Waals surface area contributed by atoms with Crippen molar-refractivity contribution >= 4 is 6.29 Å². The van der Waals surface area contributed by atoms with Crippen molar-refractivity contribution in [3.63, 3.8) is 0 Å². The van der Waals surface area contributed by atoms with Gasteiger partial charge in [0.2, 0.25) is 0 Å². The molecule has 0 spiro atoms. The minimum absolute atomic E-state index is 0.454. The molecule has 88 valence electrons. The number of carbonyl (C=O) groups excluding carboxylic acids is 1. The summed E-state index contributed by atoms with van der Waals surface area (Å²) in [4.78, 5) is 10.9. The molecule has 1 fully saturated rings. The van der Waals surface area contributed by atoms with Crippen LogP contribution in [0.5, 0.6) is 0 Å². The fourth-order valence-electron chi connectivity index (χ4n) is 3.10. The predicted octanol–water partition coefficient (Wildman–Crippen LogP) is 3.67. The monoisotopic (exact) mass is 219 g/mol. The minimum Gasteiger partial charge on any atom is -0.345 e. The summed E-state index contributed by atoms with van der Waals surface area (Å²) in [5.41, 5.74) is 3.66. The molecule has 2 nitrogen and oxygen atoms in total.